The van der Waals surface area contributed by atoms with E-state index < -0.39 is 0 Å². The third-order valence-corrected chi connectivity index (χ3v) is 4.68. The zero-order chi connectivity index (χ0) is 13.1. The van der Waals surface area contributed by atoms with Gasteiger partial charge in [0.15, 0.2) is 0 Å². The lowest BCUT2D eigenvalue weighted by atomic mass is 10.3. The highest BCUT2D eigenvalue weighted by Crippen LogP contribution is 2.29. The van der Waals surface area contributed by atoms with Crippen molar-refractivity contribution in [1.29, 1.82) is 0 Å². The second-order valence-electron chi connectivity index (χ2n) is 5.53. The van der Waals surface area contributed by atoms with Crippen molar-refractivity contribution in [1.82, 2.24) is 10.3 Å². The van der Waals surface area contributed by atoms with Crippen molar-refractivity contribution in [2.45, 2.75) is 57.2 Å². The summed E-state index contributed by atoms with van der Waals surface area (Å²) in [4.78, 5) is 7.19. The molecule has 0 spiro atoms. The molecule has 2 fully saturated rings. The summed E-state index contributed by atoms with van der Waals surface area (Å²) in [6.45, 7) is 0.921. The number of nitrogens with zero attached hydrogens (tertiary/aromatic N) is 2. The minimum absolute atomic E-state index is 0.467. The molecule has 1 heterocycles. The van der Waals surface area contributed by atoms with Gasteiger partial charge in [-0.05, 0) is 48.1 Å². The molecule has 0 bridgehead atoms. The van der Waals surface area contributed by atoms with Gasteiger partial charge in [-0.2, -0.15) is 11.3 Å². The van der Waals surface area contributed by atoms with Crippen LogP contribution in [0.25, 0.3) is 0 Å². The fraction of sp³-hybridized carbons (Fsp3) is 0.643. The van der Waals surface area contributed by atoms with Gasteiger partial charge in [-0.25, -0.2) is 10.8 Å². The Morgan fingerprint density at radius 2 is 2.16 bits per heavy atom. The van der Waals surface area contributed by atoms with E-state index in [-0.39, 0.29) is 0 Å². The standard InChI is InChI=1S/C14H22N4S/c15-17-14(16-12-3-1-2-4-12)18(13-5-6-13)9-11-7-8-19-10-11/h7-8,10,12-13H,1-6,9,15H2,(H,16,17). The molecule has 2 saturated carbocycles. The summed E-state index contributed by atoms with van der Waals surface area (Å²) in [5.41, 5.74) is 4.20. The fourth-order valence-corrected chi connectivity index (χ4v) is 3.40. The van der Waals surface area contributed by atoms with Crippen LogP contribution in [0, 0.1) is 0 Å². The van der Waals surface area contributed by atoms with Crippen LogP contribution in [0.4, 0.5) is 0 Å². The highest BCUT2D eigenvalue weighted by atomic mass is 32.1. The highest BCUT2D eigenvalue weighted by Gasteiger charge is 2.32. The van der Waals surface area contributed by atoms with Gasteiger partial charge in [-0.3, -0.25) is 5.43 Å². The van der Waals surface area contributed by atoms with Gasteiger partial charge >= 0.3 is 0 Å². The smallest absolute Gasteiger partial charge is 0.209 e. The molecule has 0 aromatic carbocycles. The van der Waals surface area contributed by atoms with E-state index in [0.29, 0.717) is 12.1 Å². The molecular formula is C14H22N4S. The molecule has 0 aliphatic heterocycles. The third-order valence-electron chi connectivity index (χ3n) is 3.95. The van der Waals surface area contributed by atoms with Gasteiger partial charge in [0.2, 0.25) is 5.96 Å². The molecule has 0 atom stereocenters. The normalized spacial score (nSPS) is 20.8. The Balaban J connectivity index is 1.73. The number of hydrazine groups is 1. The number of guanidine groups is 1. The van der Waals surface area contributed by atoms with Crippen LogP contribution in [0.1, 0.15) is 44.1 Å². The molecule has 3 N–H and O–H groups in total. The molecule has 1 aromatic rings. The van der Waals surface area contributed by atoms with Crippen molar-refractivity contribution < 1.29 is 0 Å². The van der Waals surface area contributed by atoms with E-state index in [2.05, 4.69) is 27.2 Å². The molecule has 2 aliphatic carbocycles. The van der Waals surface area contributed by atoms with E-state index in [9.17, 15) is 0 Å². The summed E-state index contributed by atoms with van der Waals surface area (Å²) in [6, 6.07) is 3.27. The molecule has 19 heavy (non-hydrogen) atoms. The Hall–Kier alpha value is -1.07. The first-order chi connectivity index (χ1) is 9.36. The molecular weight excluding hydrogens is 256 g/mol. The zero-order valence-corrected chi connectivity index (χ0v) is 12.0. The molecule has 3 rings (SSSR count). The van der Waals surface area contributed by atoms with Crippen LogP contribution in [-0.2, 0) is 6.54 Å². The summed E-state index contributed by atoms with van der Waals surface area (Å²) in [5, 5.41) is 4.34. The van der Waals surface area contributed by atoms with Crippen LogP contribution in [0.2, 0.25) is 0 Å². The Kier molecular flexibility index (Phi) is 4.03. The van der Waals surface area contributed by atoms with E-state index in [0.717, 1.165) is 12.5 Å². The Labute approximate surface area is 118 Å². The number of hydrogen-bond acceptors (Lipinski definition) is 3. The van der Waals surface area contributed by atoms with Crippen molar-refractivity contribution >= 4 is 17.3 Å². The van der Waals surface area contributed by atoms with Crippen LogP contribution >= 0.6 is 11.3 Å². The van der Waals surface area contributed by atoms with Crippen molar-refractivity contribution in [2.24, 2.45) is 10.8 Å². The summed E-state index contributed by atoms with van der Waals surface area (Å²) in [7, 11) is 0. The number of nitrogens with one attached hydrogen (secondary N) is 1. The van der Waals surface area contributed by atoms with Gasteiger partial charge in [-0.15, -0.1) is 0 Å². The summed E-state index contributed by atoms with van der Waals surface area (Å²) >= 11 is 1.75. The monoisotopic (exact) mass is 278 g/mol. The Morgan fingerprint density at radius 3 is 2.74 bits per heavy atom. The van der Waals surface area contributed by atoms with Gasteiger partial charge in [0.1, 0.15) is 0 Å². The quantitative estimate of drug-likeness (QED) is 0.385. The largest absolute Gasteiger partial charge is 0.335 e. The third kappa shape index (κ3) is 3.28. The first-order valence-corrected chi connectivity index (χ1v) is 8.13. The molecule has 4 nitrogen and oxygen atoms in total. The Bertz CT molecular complexity index is 419. The number of rotatable bonds is 4. The number of nitrogens with two attached hydrogens (primary N) is 1. The van der Waals surface area contributed by atoms with Crippen LogP contribution < -0.4 is 11.3 Å². The molecule has 0 radical (unpaired) electrons. The number of hydrogen-bond donors (Lipinski definition) is 2. The van der Waals surface area contributed by atoms with Crippen molar-refractivity contribution in [3.63, 3.8) is 0 Å². The maximum Gasteiger partial charge on any atom is 0.209 e. The van der Waals surface area contributed by atoms with Crippen LogP contribution in [0.5, 0.6) is 0 Å². The lowest BCUT2D eigenvalue weighted by molar-refractivity contribution is 0.384. The molecule has 1 aromatic heterocycles. The van der Waals surface area contributed by atoms with Gasteiger partial charge in [0.25, 0.3) is 0 Å². The first-order valence-electron chi connectivity index (χ1n) is 7.19. The maximum atomic E-state index is 5.73. The average molecular weight is 278 g/mol. The van der Waals surface area contributed by atoms with Crippen molar-refractivity contribution in [3.8, 4) is 0 Å². The summed E-state index contributed by atoms with van der Waals surface area (Å²) in [5.74, 6) is 6.62. The molecule has 0 amide bonds. The number of thiophene rings is 1. The van der Waals surface area contributed by atoms with Crippen LogP contribution in [-0.4, -0.2) is 22.9 Å². The summed E-state index contributed by atoms with van der Waals surface area (Å²) in [6.07, 6.45) is 7.55. The van der Waals surface area contributed by atoms with E-state index in [1.54, 1.807) is 11.3 Å². The van der Waals surface area contributed by atoms with E-state index in [1.807, 2.05) is 0 Å². The predicted molar refractivity (Wildman–Crippen MR) is 79.9 cm³/mol. The van der Waals surface area contributed by atoms with E-state index in [1.165, 1.54) is 44.1 Å². The molecule has 0 unspecified atom stereocenters. The molecule has 5 heteroatoms. The minimum atomic E-state index is 0.467. The second kappa shape index (κ2) is 5.92. The average Bonchev–Trinajstić information content (AvgIpc) is 2.92. The van der Waals surface area contributed by atoms with Crippen LogP contribution in [0.3, 0.4) is 0 Å². The van der Waals surface area contributed by atoms with E-state index >= 15 is 0 Å². The zero-order valence-electron chi connectivity index (χ0n) is 11.2. The maximum absolute atomic E-state index is 5.73. The van der Waals surface area contributed by atoms with E-state index in [4.69, 9.17) is 10.8 Å². The SMILES string of the molecule is NNC(=NC1CCCC1)N(Cc1ccsc1)C1CC1. The van der Waals surface area contributed by atoms with Gasteiger partial charge in [0, 0.05) is 12.6 Å². The van der Waals surface area contributed by atoms with Crippen molar-refractivity contribution in [3.05, 3.63) is 22.4 Å². The first kappa shape index (κ1) is 12.9. The fourth-order valence-electron chi connectivity index (χ4n) is 2.74. The number of aliphatic imine (C=N–C) groups is 1. The van der Waals surface area contributed by atoms with Gasteiger partial charge in [0.05, 0.1) is 6.04 Å². The molecule has 104 valence electrons. The summed E-state index contributed by atoms with van der Waals surface area (Å²) < 4.78 is 0. The lowest BCUT2D eigenvalue weighted by Gasteiger charge is -2.26. The van der Waals surface area contributed by atoms with Gasteiger partial charge < -0.3 is 4.90 Å². The van der Waals surface area contributed by atoms with Gasteiger partial charge in [-0.1, -0.05) is 12.8 Å². The topological polar surface area (TPSA) is 53.6 Å². The molecule has 2 aliphatic rings. The van der Waals surface area contributed by atoms with Crippen molar-refractivity contribution in [2.75, 3.05) is 0 Å². The lowest BCUT2D eigenvalue weighted by Crippen LogP contribution is -2.46. The predicted octanol–water partition coefficient (Wildman–Crippen LogP) is 2.47. The van der Waals surface area contributed by atoms with Crippen LogP contribution in [0.15, 0.2) is 21.8 Å². The second-order valence-corrected chi connectivity index (χ2v) is 6.31. The Morgan fingerprint density at radius 1 is 1.37 bits per heavy atom. The highest BCUT2D eigenvalue weighted by molar-refractivity contribution is 7.07. The minimum Gasteiger partial charge on any atom is -0.335 e. The molecule has 0 saturated heterocycles.